The number of amides is 1. The van der Waals surface area contributed by atoms with Gasteiger partial charge >= 0.3 is 0 Å². The van der Waals surface area contributed by atoms with Crippen LogP contribution in [0.2, 0.25) is 0 Å². The molecule has 1 fully saturated rings. The molecule has 1 N–H and O–H groups in total. The summed E-state index contributed by atoms with van der Waals surface area (Å²) in [6.07, 6.45) is 7.09. The number of aliphatic hydroxyl groups excluding tert-OH is 1. The minimum absolute atomic E-state index is 0.00572. The molecule has 2 aliphatic rings. The molecular weight excluding hydrogens is 376 g/mol. The topological polar surface area (TPSA) is 78.8 Å². The third-order valence-electron chi connectivity index (χ3n) is 5.92. The Morgan fingerprint density at radius 2 is 2.11 bits per heavy atom. The second-order valence-electron chi connectivity index (χ2n) is 7.91. The maximum atomic E-state index is 12.3. The van der Waals surface area contributed by atoms with E-state index in [1.807, 2.05) is 4.90 Å². The molecule has 1 aliphatic carbocycles. The fraction of sp³-hybridized carbons (Fsp3) is 0.650. The van der Waals surface area contributed by atoms with Crippen LogP contribution in [0.3, 0.4) is 0 Å². The fourth-order valence-electron chi connectivity index (χ4n) is 4.28. The molecule has 0 bridgehead atoms. The van der Waals surface area contributed by atoms with E-state index in [-0.39, 0.29) is 25.0 Å². The highest BCUT2D eigenvalue weighted by Gasteiger charge is 2.29. The maximum absolute atomic E-state index is 12.3. The zero-order valence-corrected chi connectivity index (χ0v) is 17.4. The number of hydrogen-bond donors (Lipinski definition) is 1. The summed E-state index contributed by atoms with van der Waals surface area (Å²) < 4.78 is 6.36. The number of nitrogens with zero attached hydrogens (tertiary/aromatic N) is 4. The second kappa shape index (κ2) is 8.31. The molecular formula is C20H28N4O3S. The van der Waals surface area contributed by atoms with Crippen molar-refractivity contribution in [2.45, 2.75) is 57.2 Å². The van der Waals surface area contributed by atoms with Crippen molar-refractivity contribution in [3.8, 4) is 5.88 Å². The number of thiophene rings is 1. The van der Waals surface area contributed by atoms with E-state index in [4.69, 9.17) is 9.84 Å². The molecule has 7 nitrogen and oxygen atoms in total. The molecule has 4 rings (SSSR count). The number of aromatic nitrogens is 2. The van der Waals surface area contributed by atoms with Gasteiger partial charge in [0.25, 0.3) is 0 Å². The summed E-state index contributed by atoms with van der Waals surface area (Å²) in [4.78, 5) is 27.5. The molecule has 3 heterocycles. The number of hydrogen-bond acceptors (Lipinski definition) is 7. The first-order valence-corrected chi connectivity index (χ1v) is 10.9. The lowest BCUT2D eigenvalue weighted by molar-refractivity contribution is -0.132. The highest BCUT2D eigenvalue weighted by molar-refractivity contribution is 7.18. The Hall–Kier alpha value is -1.77. The second-order valence-corrected chi connectivity index (χ2v) is 9.00. The Morgan fingerprint density at radius 1 is 1.32 bits per heavy atom. The average Bonchev–Trinajstić information content (AvgIpc) is 3.07. The van der Waals surface area contributed by atoms with Gasteiger partial charge in [0.05, 0.1) is 12.0 Å². The zero-order chi connectivity index (χ0) is 19.7. The van der Waals surface area contributed by atoms with E-state index in [9.17, 15) is 4.79 Å². The van der Waals surface area contributed by atoms with Gasteiger partial charge in [-0.15, -0.1) is 11.3 Å². The summed E-state index contributed by atoms with van der Waals surface area (Å²) in [5.41, 5.74) is 1.12. The molecule has 1 aliphatic heterocycles. The molecule has 0 aromatic carbocycles. The lowest BCUT2D eigenvalue weighted by Crippen LogP contribution is -2.36. The number of rotatable bonds is 5. The quantitative estimate of drug-likeness (QED) is 0.823. The molecule has 1 saturated carbocycles. The smallest absolute Gasteiger partial charge is 0.225 e. The van der Waals surface area contributed by atoms with Crippen LogP contribution >= 0.6 is 11.3 Å². The highest BCUT2D eigenvalue weighted by atomic mass is 32.1. The van der Waals surface area contributed by atoms with Gasteiger partial charge in [0.2, 0.25) is 11.8 Å². The van der Waals surface area contributed by atoms with E-state index in [1.54, 1.807) is 17.7 Å². The van der Waals surface area contributed by atoms with Gasteiger partial charge in [0.1, 0.15) is 17.3 Å². The minimum atomic E-state index is -0.111. The van der Waals surface area contributed by atoms with Crippen molar-refractivity contribution >= 4 is 27.5 Å². The summed E-state index contributed by atoms with van der Waals surface area (Å²) in [7, 11) is 4.28. The van der Waals surface area contributed by atoms with Crippen LogP contribution in [0.25, 0.3) is 10.2 Å². The van der Waals surface area contributed by atoms with Crippen molar-refractivity contribution < 1.29 is 14.6 Å². The van der Waals surface area contributed by atoms with E-state index in [0.29, 0.717) is 25.0 Å². The van der Waals surface area contributed by atoms with Gasteiger partial charge in [-0.05, 0) is 46.2 Å². The van der Waals surface area contributed by atoms with Crippen molar-refractivity contribution in [2.75, 3.05) is 27.2 Å². The Balaban J connectivity index is 1.56. The van der Waals surface area contributed by atoms with Crippen LogP contribution in [-0.2, 0) is 17.8 Å². The number of aliphatic hydroxyl groups is 1. The monoisotopic (exact) mass is 404 g/mol. The van der Waals surface area contributed by atoms with Crippen LogP contribution in [-0.4, -0.2) is 70.2 Å². The lowest BCUT2D eigenvalue weighted by Gasteiger charge is -2.32. The predicted molar refractivity (Wildman–Crippen MR) is 109 cm³/mol. The molecule has 2 aromatic rings. The minimum Gasteiger partial charge on any atom is -0.474 e. The van der Waals surface area contributed by atoms with Gasteiger partial charge in [0, 0.05) is 36.0 Å². The highest BCUT2D eigenvalue weighted by Crippen LogP contribution is 2.39. The van der Waals surface area contributed by atoms with E-state index in [1.165, 1.54) is 4.88 Å². The zero-order valence-electron chi connectivity index (χ0n) is 16.6. The third-order valence-corrected chi connectivity index (χ3v) is 7.12. The van der Waals surface area contributed by atoms with Crippen molar-refractivity contribution in [2.24, 2.45) is 0 Å². The van der Waals surface area contributed by atoms with Gasteiger partial charge in [-0.3, -0.25) is 4.79 Å². The molecule has 0 radical (unpaired) electrons. The Bertz CT molecular complexity index is 845. The third kappa shape index (κ3) is 3.86. The van der Waals surface area contributed by atoms with Crippen molar-refractivity contribution in [3.63, 3.8) is 0 Å². The summed E-state index contributed by atoms with van der Waals surface area (Å²) >= 11 is 1.68. The molecule has 0 atom stereocenters. The van der Waals surface area contributed by atoms with Crippen LogP contribution < -0.4 is 4.74 Å². The Labute approximate surface area is 169 Å². The summed E-state index contributed by atoms with van der Waals surface area (Å²) in [5, 5.41) is 10.1. The average molecular weight is 405 g/mol. The number of fused-ring (bicyclic) bond motifs is 3. The van der Waals surface area contributed by atoms with Gasteiger partial charge in [-0.25, -0.2) is 9.97 Å². The lowest BCUT2D eigenvalue weighted by atomic mass is 9.92. The van der Waals surface area contributed by atoms with Crippen molar-refractivity contribution in [1.82, 2.24) is 19.8 Å². The first-order valence-electron chi connectivity index (χ1n) is 10.0. The Kier molecular flexibility index (Phi) is 5.80. The van der Waals surface area contributed by atoms with Crippen molar-refractivity contribution in [3.05, 3.63) is 16.8 Å². The molecule has 0 spiro atoms. The van der Waals surface area contributed by atoms with Gasteiger partial charge in [-0.2, -0.15) is 0 Å². The van der Waals surface area contributed by atoms with E-state index in [0.717, 1.165) is 47.9 Å². The number of ether oxygens (including phenoxy) is 1. The standard InChI is InChI=1S/C20H28N4O3S/c1-23(2)13-3-5-14(6-4-13)27-19-18-15-11-24(17(26)8-10-25)9-7-16(15)28-20(18)22-12-21-19/h12-14,25H,3-11H2,1-2H3. The molecule has 152 valence electrons. The molecule has 1 amide bonds. The van der Waals surface area contributed by atoms with Crippen molar-refractivity contribution in [1.29, 1.82) is 0 Å². The van der Waals surface area contributed by atoms with Gasteiger partial charge < -0.3 is 19.6 Å². The summed E-state index contributed by atoms with van der Waals surface area (Å²) in [6.45, 7) is 1.13. The Morgan fingerprint density at radius 3 is 2.82 bits per heavy atom. The molecule has 8 heteroatoms. The van der Waals surface area contributed by atoms with E-state index < -0.39 is 0 Å². The van der Waals surface area contributed by atoms with Gasteiger partial charge in [-0.1, -0.05) is 0 Å². The van der Waals surface area contributed by atoms with E-state index >= 15 is 0 Å². The molecule has 2 aromatic heterocycles. The van der Waals surface area contributed by atoms with Crippen LogP contribution in [0.15, 0.2) is 6.33 Å². The molecule has 28 heavy (non-hydrogen) atoms. The SMILES string of the molecule is CN(C)C1CCC(Oc2ncnc3sc4c(c23)CN(C(=O)CCO)CC4)CC1. The number of carbonyl (C=O) groups is 1. The first-order chi connectivity index (χ1) is 13.6. The van der Waals surface area contributed by atoms with Crippen LogP contribution in [0.5, 0.6) is 5.88 Å². The normalized spacial score (nSPS) is 22.5. The maximum Gasteiger partial charge on any atom is 0.225 e. The van der Waals surface area contributed by atoms with Crippen LogP contribution in [0.1, 0.15) is 42.5 Å². The van der Waals surface area contributed by atoms with Crippen LogP contribution in [0, 0.1) is 0 Å². The fourth-order valence-corrected chi connectivity index (χ4v) is 5.41. The van der Waals surface area contributed by atoms with E-state index in [2.05, 4.69) is 29.0 Å². The molecule has 0 unspecified atom stereocenters. The summed E-state index contributed by atoms with van der Waals surface area (Å²) in [6, 6.07) is 0.630. The number of carbonyl (C=O) groups excluding carboxylic acids is 1. The largest absolute Gasteiger partial charge is 0.474 e. The first kappa shape index (κ1) is 19.5. The summed E-state index contributed by atoms with van der Waals surface area (Å²) in [5.74, 6) is 0.654. The van der Waals surface area contributed by atoms with Gasteiger partial charge in [0.15, 0.2) is 0 Å². The molecule has 0 saturated heterocycles. The predicted octanol–water partition coefficient (Wildman–Crippen LogP) is 2.21. The van der Waals surface area contributed by atoms with Crippen LogP contribution in [0.4, 0.5) is 0 Å².